The number of ether oxygens (including phenoxy) is 1. The molecule has 0 saturated heterocycles. The van der Waals surface area contributed by atoms with E-state index in [-0.39, 0.29) is 11.9 Å². The molecule has 0 bridgehead atoms. The van der Waals surface area contributed by atoms with Crippen LogP contribution in [-0.4, -0.2) is 7.05 Å². The number of benzene rings is 2. The van der Waals surface area contributed by atoms with E-state index in [1.54, 1.807) is 31.2 Å². The molecule has 2 nitrogen and oxygen atoms in total. The van der Waals surface area contributed by atoms with E-state index in [4.69, 9.17) is 27.9 Å². The van der Waals surface area contributed by atoms with Gasteiger partial charge in [0, 0.05) is 16.6 Å². The van der Waals surface area contributed by atoms with Crippen LogP contribution in [0.3, 0.4) is 0 Å². The molecule has 1 N–H and O–H groups in total. The molecule has 0 saturated carbocycles. The van der Waals surface area contributed by atoms with Crippen molar-refractivity contribution in [1.29, 1.82) is 0 Å². The van der Waals surface area contributed by atoms with Crippen LogP contribution < -0.4 is 10.1 Å². The van der Waals surface area contributed by atoms with Crippen LogP contribution in [0.15, 0.2) is 30.3 Å². The van der Waals surface area contributed by atoms with Gasteiger partial charge in [-0.15, -0.1) is 0 Å². The predicted molar refractivity (Wildman–Crippen MR) is 85.1 cm³/mol. The summed E-state index contributed by atoms with van der Waals surface area (Å²) in [5.74, 6) is 0.790. The summed E-state index contributed by atoms with van der Waals surface area (Å²) >= 11 is 12.0. The molecular formula is C16H16Cl2FNO. The van der Waals surface area contributed by atoms with E-state index in [1.807, 2.05) is 14.0 Å². The first-order valence-corrected chi connectivity index (χ1v) is 7.28. The number of rotatable bonds is 4. The van der Waals surface area contributed by atoms with Crippen molar-refractivity contribution in [3.8, 4) is 11.5 Å². The molecule has 0 aliphatic rings. The average Bonchev–Trinajstić information content (AvgIpc) is 2.44. The zero-order valence-electron chi connectivity index (χ0n) is 12.0. The minimum absolute atomic E-state index is 0.0545. The molecule has 0 aliphatic heterocycles. The number of aryl methyl sites for hydroxylation is 1. The maximum atomic E-state index is 13.8. The molecule has 0 aromatic heterocycles. The van der Waals surface area contributed by atoms with Crippen molar-refractivity contribution >= 4 is 23.2 Å². The van der Waals surface area contributed by atoms with E-state index in [1.165, 1.54) is 6.07 Å². The van der Waals surface area contributed by atoms with Crippen molar-refractivity contribution in [3.63, 3.8) is 0 Å². The monoisotopic (exact) mass is 327 g/mol. The largest absolute Gasteiger partial charge is 0.455 e. The highest BCUT2D eigenvalue weighted by Gasteiger charge is 2.15. The summed E-state index contributed by atoms with van der Waals surface area (Å²) in [7, 11) is 1.81. The lowest BCUT2D eigenvalue weighted by Gasteiger charge is -2.18. The summed E-state index contributed by atoms with van der Waals surface area (Å²) in [6.07, 6.45) is 0. The molecule has 2 rings (SSSR count). The lowest BCUT2D eigenvalue weighted by Crippen LogP contribution is -2.13. The molecular weight excluding hydrogens is 312 g/mol. The third-order valence-corrected chi connectivity index (χ3v) is 3.83. The molecule has 5 heteroatoms. The summed E-state index contributed by atoms with van der Waals surface area (Å²) < 4.78 is 19.7. The summed E-state index contributed by atoms with van der Waals surface area (Å²) in [4.78, 5) is 0. The fraction of sp³-hybridized carbons (Fsp3) is 0.250. The third kappa shape index (κ3) is 3.67. The number of nitrogens with one attached hydrogen (secondary N) is 1. The zero-order valence-corrected chi connectivity index (χ0v) is 13.5. The van der Waals surface area contributed by atoms with Crippen molar-refractivity contribution in [3.05, 3.63) is 57.3 Å². The first kappa shape index (κ1) is 16.1. The van der Waals surface area contributed by atoms with Gasteiger partial charge in [0.05, 0.1) is 5.02 Å². The molecule has 2 aromatic carbocycles. The van der Waals surface area contributed by atoms with Crippen molar-refractivity contribution in [2.75, 3.05) is 7.05 Å². The first-order chi connectivity index (χ1) is 9.92. The second kappa shape index (κ2) is 6.65. The molecule has 112 valence electrons. The Labute approximate surface area is 133 Å². The van der Waals surface area contributed by atoms with Gasteiger partial charge in [0.25, 0.3) is 0 Å². The summed E-state index contributed by atoms with van der Waals surface area (Å²) in [6, 6.07) is 8.09. The predicted octanol–water partition coefficient (Wildman–Crippen LogP) is 5.51. The molecule has 2 aromatic rings. The topological polar surface area (TPSA) is 21.3 Å². The standard InChI is InChI=1S/C16H16Cl2FNO/c1-9-6-16(12(8-14(9)19)10(2)20-3)21-15-5-4-11(17)7-13(15)18/h4-8,10,20H,1-3H3. The number of hydrogen-bond acceptors (Lipinski definition) is 2. The Balaban J connectivity index is 2.45. The highest BCUT2D eigenvalue weighted by atomic mass is 35.5. The van der Waals surface area contributed by atoms with Gasteiger partial charge >= 0.3 is 0 Å². The Kier molecular flexibility index (Phi) is 5.09. The molecule has 0 fully saturated rings. The molecule has 0 spiro atoms. The Morgan fingerprint density at radius 3 is 2.48 bits per heavy atom. The molecule has 1 atom stereocenters. The van der Waals surface area contributed by atoms with Crippen molar-refractivity contribution in [2.45, 2.75) is 19.9 Å². The molecule has 0 aliphatic carbocycles. The number of hydrogen-bond donors (Lipinski definition) is 1. The van der Waals surface area contributed by atoms with Crippen molar-refractivity contribution in [2.24, 2.45) is 0 Å². The van der Waals surface area contributed by atoms with Crippen LogP contribution in [0.5, 0.6) is 11.5 Å². The van der Waals surface area contributed by atoms with Gasteiger partial charge < -0.3 is 10.1 Å². The highest BCUT2D eigenvalue weighted by Crippen LogP contribution is 2.36. The van der Waals surface area contributed by atoms with Crippen LogP contribution in [0.25, 0.3) is 0 Å². The smallest absolute Gasteiger partial charge is 0.146 e. The van der Waals surface area contributed by atoms with Crippen molar-refractivity contribution in [1.82, 2.24) is 5.32 Å². The zero-order chi connectivity index (χ0) is 15.6. The summed E-state index contributed by atoms with van der Waals surface area (Å²) in [6.45, 7) is 3.62. The average molecular weight is 328 g/mol. The van der Waals surface area contributed by atoms with E-state index in [0.717, 1.165) is 5.56 Å². The Morgan fingerprint density at radius 1 is 1.14 bits per heavy atom. The normalized spacial score (nSPS) is 12.3. The molecule has 0 radical (unpaired) electrons. The summed E-state index contributed by atoms with van der Waals surface area (Å²) in [5, 5.41) is 4.02. The van der Waals surface area contributed by atoms with Crippen LogP contribution in [0.2, 0.25) is 10.0 Å². The molecule has 21 heavy (non-hydrogen) atoms. The highest BCUT2D eigenvalue weighted by molar-refractivity contribution is 6.35. The fourth-order valence-corrected chi connectivity index (χ4v) is 2.38. The van der Waals surface area contributed by atoms with Crippen LogP contribution in [-0.2, 0) is 0 Å². The maximum Gasteiger partial charge on any atom is 0.146 e. The SMILES string of the molecule is CNC(C)c1cc(F)c(C)cc1Oc1ccc(Cl)cc1Cl. The van der Waals surface area contributed by atoms with Gasteiger partial charge in [0.15, 0.2) is 0 Å². The minimum Gasteiger partial charge on any atom is -0.455 e. The second-order valence-electron chi connectivity index (χ2n) is 4.83. The van der Waals surface area contributed by atoms with Crippen LogP contribution >= 0.6 is 23.2 Å². The maximum absolute atomic E-state index is 13.8. The molecule has 0 amide bonds. The Bertz CT molecular complexity index is 661. The van der Waals surface area contributed by atoms with E-state index >= 15 is 0 Å². The lowest BCUT2D eigenvalue weighted by atomic mass is 10.0. The van der Waals surface area contributed by atoms with Crippen molar-refractivity contribution < 1.29 is 9.13 Å². The van der Waals surface area contributed by atoms with Gasteiger partial charge in [0.1, 0.15) is 17.3 Å². The lowest BCUT2D eigenvalue weighted by molar-refractivity contribution is 0.462. The van der Waals surface area contributed by atoms with Gasteiger partial charge in [-0.3, -0.25) is 0 Å². The van der Waals surface area contributed by atoms with Crippen LogP contribution in [0.4, 0.5) is 4.39 Å². The summed E-state index contributed by atoms with van der Waals surface area (Å²) in [5.41, 5.74) is 1.24. The van der Waals surface area contributed by atoms with E-state index < -0.39 is 0 Å². The quantitative estimate of drug-likeness (QED) is 0.798. The first-order valence-electron chi connectivity index (χ1n) is 6.52. The van der Waals surface area contributed by atoms with Gasteiger partial charge in [-0.25, -0.2) is 4.39 Å². The van der Waals surface area contributed by atoms with Gasteiger partial charge in [-0.05, 0) is 56.8 Å². The van der Waals surface area contributed by atoms with Gasteiger partial charge in [-0.1, -0.05) is 23.2 Å². The van der Waals surface area contributed by atoms with Gasteiger partial charge in [0.2, 0.25) is 0 Å². The molecule has 0 heterocycles. The molecule has 1 unspecified atom stereocenters. The Hall–Kier alpha value is -1.29. The fourth-order valence-electron chi connectivity index (χ4n) is 1.93. The Morgan fingerprint density at radius 2 is 1.86 bits per heavy atom. The van der Waals surface area contributed by atoms with E-state index in [2.05, 4.69) is 5.32 Å². The van der Waals surface area contributed by atoms with Crippen LogP contribution in [0, 0.1) is 12.7 Å². The van der Waals surface area contributed by atoms with Crippen LogP contribution in [0.1, 0.15) is 24.1 Å². The minimum atomic E-state index is -0.262. The van der Waals surface area contributed by atoms with Gasteiger partial charge in [-0.2, -0.15) is 0 Å². The number of halogens is 3. The van der Waals surface area contributed by atoms with E-state index in [0.29, 0.717) is 27.1 Å². The second-order valence-corrected chi connectivity index (χ2v) is 5.67. The third-order valence-electron chi connectivity index (χ3n) is 3.30. The van der Waals surface area contributed by atoms with E-state index in [9.17, 15) is 4.39 Å².